The number of methoxy groups -OCH3 is 1. The Morgan fingerprint density at radius 1 is 1.25 bits per heavy atom. The summed E-state index contributed by atoms with van der Waals surface area (Å²) in [6.07, 6.45) is 4.20. The van der Waals surface area contributed by atoms with E-state index in [2.05, 4.69) is 18.9 Å². The molecule has 1 saturated heterocycles. The van der Waals surface area contributed by atoms with Gasteiger partial charge in [-0.15, -0.1) is 0 Å². The van der Waals surface area contributed by atoms with Crippen LogP contribution in [-0.4, -0.2) is 58.0 Å². The third-order valence-corrected chi connectivity index (χ3v) is 6.04. The highest BCUT2D eigenvalue weighted by Crippen LogP contribution is 2.41. The van der Waals surface area contributed by atoms with Gasteiger partial charge < -0.3 is 9.64 Å². The zero-order valence-electron chi connectivity index (χ0n) is 19.5. The predicted octanol–water partition coefficient (Wildman–Crippen LogP) is 2.52. The van der Waals surface area contributed by atoms with E-state index in [0.717, 1.165) is 12.0 Å². The molecule has 1 atom stereocenters. The highest BCUT2D eigenvalue weighted by atomic mass is 16.5. The standard InChI is InChI=1S/C24H32N4O4/c1-17(2)10-11-28-22(30)13-24(23(28)31,19-6-8-20(32-5)9-7-19)12-21(29)26(3)15-18-14-25-27(4)16-18/h6-9,14,16-17H,10-13,15H2,1-5H3. The van der Waals surface area contributed by atoms with E-state index in [4.69, 9.17) is 4.74 Å². The van der Waals surface area contributed by atoms with Gasteiger partial charge in [0.15, 0.2) is 0 Å². The average molecular weight is 441 g/mol. The minimum atomic E-state index is -1.21. The quantitative estimate of drug-likeness (QED) is 0.560. The fourth-order valence-electron chi connectivity index (χ4n) is 4.10. The van der Waals surface area contributed by atoms with Crippen LogP contribution in [0.5, 0.6) is 5.75 Å². The molecule has 2 heterocycles. The molecule has 8 nitrogen and oxygen atoms in total. The summed E-state index contributed by atoms with van der Waals surface area (Å²) >= 11 is 0. The molecule has 0 saturated carbocycles. The van der Waals surface area contributed by atoms with Crippen LogP contribution in [-0.2, 0) is 33.4 Å². The maximum atomic E-state index is 13.6. The van der Waals surface area contributed by atoms with Crippen molar-refractivity contribution in [3.8, 4) is 5.75 Å². The maximum Gasteiger partial charge on any atom is 0.240 e. The van der Waals surface area contributed by atoms with E-state index in [0.29, 0.717) is 30.3 Å². The van der Waals surface area contributed by atoms with Crippen molar-refractivity contribution in [2.24, 2.45) is 13.0 Å². The number of imide groups is 1. The number of likely N-dealkylation sites (tertiary alicyclic amines) is 1. The number of aryl methyl sites for hydroxylation is 1. The van der Waals surface area contributed by atoms with Gasteiger partial charge in [-0.3, -0.25) is 24.0 Å². The van der Waals surface area contributed by atoms with E-state index in [1.165, 1.54) is 4.90 Å². The Balaban J connectivity index is 1.89. The zero-order valence-corrected chi connectivity index (χ0v) is 19.5. The third-order valence-electron chi connectivity index (χ3n) is 6.04. The minimum Gasteiger partial charge on any atom is -0.497 e. The summed E-state index contributed by atoms with van der Waals surface area (Å²) < 4.78 is 6.92. The molecule has 0 radical (unpaired) electrons. The third kappa shape index (κ3) is 4.84. The molecule has 1 aromatic carbocycles. The summed E-state index contributed by atoms with van der Waals surface area (Å²) in [7, 11) is 5.09. The van der Waals surface area contributed by atoms with Crippen LogP contribution >= 0.6 is 0 Å². The van der Waals surface area contributed by atoms with Crippen LogP contribution in [0.15, 0.2) is 36.7 Å². The van der Waals surface area contributed by atoms with Crippen LogP contribution in [0.3, 0.4) is 0 Å². The van der Waals surface area contributed by atoms with Crippen LogP contribution in [0.4, 0.5) is 0 Å². The van der Waals surface area contributed by atoms with Crippen LogP contribution in [0.2, 0.25) is 0 Å². The average Bonchev–Trinajstić information content (AvgIpc) is 3.27. The Bertz CT molecular complexity index is 982. The zero-order chi connectivity index (χ0) is 23.5. The number of rotatable bonds is 9. The van der Waals surface area contributed by atoms with E-state index >= 15 is 0 Å². The lowest BCUT2D eigenvalue weighted by atomic mass is 9.75. The summed E-state index contributed by atoms with van der Waals surface area (Å²) in [5.41, 5.74) is 0.349. The summed E-state index contributed by atoms with van der Waals surface area (Å²) in [4.78, 5) is 42.7. The van der Waals surface area contributed by atoms with Crippen molar-refractivity contribution in [3.63, 3.8) is 0 Å². The maximum absolute atomic E-state index is 13.6. The molecule has 172 valence electrons. The van der Waals surface area contributed by atoms with E-state index in [9.17, 15) is 14.4 Å². The fraction of sp³-hybridized carbons (Fsp3) is 0.500. The topological polar surface area (TPSA) is 84.7 Å². The van der Waals surface area contributed by atoms with E-state index in [-0.39, 0.29) is 30.6 Å². The Kier molecular flexibility index (Phi) is 7.01. The lowest BCUT2D eigenvalue weighted by Crippen LogP contribution is -2.43. The lowest BCUT2D eigenvalue weighted by molar-refractivity contribution is -0.142. The second-order valence-electron chi connectivity index (χ2n) is 8.97. The summed E-state index contributed by atoms with van der Waals surface area (Å²) in [6.45, 7) is 4.86. The first-order valence-electron chi connectivity index (χ1n) is 10.9. The number of aromatic nitrogens is 2. The number of benzene rings is 1. The number of carbonyl (C=O) groups excluding carboxylic acids is 3. The molecule has 1 aliphatic heterocycles. The van der Waals surface area contributed by atoms with Gasteiger partial charge in [-0.05, 0) is 30.0 Å². The number of nitrogens with zero attached hydrogens (tertiary/aromatic N) is 4. The highest BCUT2D eigenvalue weighted by Gasteiger charge is 2.53. The summed E-state index contributed by atoms with van der Waals surface area (Å²) in [5.74, 6) is 0.290. The molecule has 1 unspecified atom stereocenters. The Morgan fingerprint density at radius 2 is 1.94 bits per heavy atom. The van der Waals surface area contributed by atoms with E-state index < -0.39 is 5.41 Å². The molecule has 8 heteroatoms. The highest BCUT2D eigenvalue weighted by molar-refractivity contribution is 6.10. The smallest absolute Gasteiger partial charge is 0.240 e. The predicted molar refractivity (Wildman–Crippen MR) is 120 cm³/mol. The summed E-state index contributed by atoms with van der Waals surface area (Å²) in [5, 5.41) is 4.14. The van der Waals surface area contributed by atoms with Gasteiger partial charge in [-0.1, -0.05) is 26.0 Å². The molecular formula is C24H32N4O4. The number of amides is 3. The fourth-order valence-corrected chi connectivity index (χ4v) is 4.10. The number of hydrogen-bond donors (Lipinski definition) is 0. The van der Waals surface area contributed by atoms with Crippen molar-refractivity contribution in [3.05, 3.63) is 47.8 Å². The van der Waals surface area contributed by atoms with Gasteiger partial charge in [-0.25, -0.2) is 0 Å². The van der Waals surface area contributed by atoms with Crippen molar-refractivity contribution in [2.45, 2.75) is 45.1 Å². The minimum absolute atomic E-state index is 0.0112. The van der Waals surface area contributed by atoms with Crippen molar-refractivity contribution in [1.82, 2.24) is 19.6 Å². The molecule has 2 aromatic rings. The van der Waals surface area contributed by atoms with Gasteiger partial charge in [0.2, 0.25) is 17.7 Å². The van der Waals surface area contributed by atoms with E-state index in [1.54, 1.807) is 54.2 Å². The van der Waals surface area contributed by atoms with Gasteiger partial charge in [-0.2, -0.15) is 5.10 Å². The first-order chi connectivity index (χ1) is 15.2. The Labute approximate surface area is 189 Å². The normalized spacial score (nSPS) is 18.5. The van der Waals surface area contributed by atoms with Crippen molar-refractivity contribution < 1.29 is 19.1 Å². The molecule has 1 aliphatic rings. The molecule has 1 aromatic heterocycles. The first kappa shape index (κ1) is 23.5. The molecule has 0 spiro atoms. The molecule has 0 bridgehead atoms. The Hall–Kier alpha value is -3.16. The Morgan fingerprint density at radius 3 is 2.50 bits per heavy atom. The first-order valence-corrected chi connectivity index (χ1v) is 10.9. The SMILES string of the molecule is COc1ccc(C2(CC(=O)N(C)Cc3cnn(C)c3)CC(=O)N(CCC(C)C)C2=O)cc1. The monoisotopic (exact) mass is 440 g/mol. The number of hydrogen-bond acceptors (Lipinski definition) is 5. The van der Waals surface area contributed by atoms with Crippen LogP contribution in [0, 0.1) is 5.92 Å². The van der Waals surface area contributed by atoms with Crippen LogP contribution in [0.25, 0.3) is 0 Å². The molecule has 0 N–H and O–H groups in total. The van der Waals surface area contributed by atoms with Crippen molar-refractivity contribution in [2.75, 3.05) is 20.7 Å². The van der Waals surface area contributed by atoms with Crippen LogP contribution < -0.4 is 4.74 Å². The van der Waals surface area contributed by atoms with Gasteiger partial charge in [0.25, 0.3) is 0 Å². The molecule has 1 fully saturated rings. The molecule has 3 amide bonds. The van der Waals surface area contributed by atoms with Gasteiger partial charge >= 0.3 is 0 Å². The van der Waals surface area contributed by atoms with Gasteiger partial charge in [0, 0.05) is 51.8 Å². The number of ether oxygens (including phenoxy) is 1. The number of carbonyl (C=O) groups is 3. The van der Waals surface area contributed by atoms with Crippen molar-refractivity contribution in [1.29, 1.82) is 0 Å². The van der Waals surface area contributed by atoms with Crippen molar-refractivity contribution >= 4 is 17.7 Å². The molecular weight excluding hydrogens is 408 g/mol. The van der Waals surface area contributed by atoms with Gasteiger partial charge in [0.05, 0.1) is 18.7 Å². The molecule has 32 heavy (non-hydrogen) atoms. The second kappa shape index (κ2) is 9.54. The largest absolute Gasteiger partial charge is 0.497 e. The van der Waals surface area contributed by atoms with E-state index in [1.807, 2.05) is 13.2 Å². The second-order valence-corrected chi connectivity index (χ2v) is 8.97. The summed E-state index contributed by atoms with van der Waals surface area (Å²) in [6, 6.07) is 7.08. The molecule has 0 aliphatic carbocycles. The van der Waals surface area contributed by atoms with Crippen LogP contribution in [0.1, 0.15) is 44.2 Å². The van der Waals surface area contributed by atoms with Gasteiger partial charge in [0.1, 0.15) is 5.75 Å². The lowest BCUT2D eigenvalue weighted by Gasteiger charge is -2.29. The molecule has 3 rings (SSSR count).